The summed E-state index contributed by atoms with van der Waals surface area (Å²) in [4.78, 5) is 28.0. The SMILES string of the molecule is Cc1ccc(N2C(=O)CC(N(CCc3cccc(Cl)c3)S(=O)(=O)c3c(C)c(C)cc(C)c3C)C2=O)cc1. The van der Waals surface area contributed by atoms with Crippen LogP contribution < -0.4 is 4.90 Å². The third-order valence-corrected chi connectivity index (χ3v) is 9.55. The lowest BCUT2D eigenvalue weighted by Gasteiger charge is -2.29. The average molecular weight is 539 g/mol. The van der Waals surface area contributed by atoms with Gasteiger partial charge in [-0.2, -0.15) is 4.31 Å². The molecule has 0 aromatic heterocycles. The third kappa shape index (κ3) is 5.21. The Balaban J connectivity index is 1.79. The molecule has 1 aliphatic heterocycles. The van der Waals surface area contributed by atoms with E-state index in [-0.39, 0.29) is 17.9 Å². The molecule has 1 aliphatic rings. The van der Waals surface area contributed by atoms with Crippen molar-refractivity contribution in [1.29, 1.82) is 0 Å². The smallest absolute Gasteiger partial charge is 0.252 e. The predicted molar refractivity (Wildman–Crippen MR) is 147 cm³/mol. The van der Waals surface area contributed by atoms with Gasteiger partial charge < -0.3 is 0 Å². The number of imide groups is 1. The van der Waals surface area contributed by atoms with Crippen molar-refractivity contribution in [1.82, 2.24) is 4.31 Å². The van der Waals surface area contributed by atoms with Crippen molar-refractivity contribution >= 4 is 39.1 Å². The van der Waals surface area contributed by atoms with Crippen LogP contribution in [0.3, 0.4) is 0 Å². The van der Waals surface area contributed by atoms with Crippen LogP contribution in [0.5, 0.6) is 0 Å². The molecular weight excluding hydrogens is 508 g/mol. The van der Waals surface area contributed by atoms with Crippen molar-refractivity contribution in [3.63, 3.8) is 0 Å². The Morgan fingerprint density at radius 1 is 0.919 bits per heavy atom. The van der Waals surface area contributed by atoms with Gasteiger partial charge in [-0.3, -0.25) is 9.59 Å². The normalized spacial score (nSPS) is 16.2. The zero-order valence-electron chi connectivity index (χ0n) is 21.7. The zero-order chi connectivity index (χ0) is 27.1. The number of amides is 2. The van der Waals surface area contributed by atoms with Gasteiger partial charge in [0.25, 0.3) is 5.91 Å². The first kappa shape index (κ1) is 27.0. The summed E-state index contributed by atoms with van der Waals surface area (Å²) in [6.45, 7) is 9.26. The second-order valence-corrected chi connectivity index (χ2v) is 12.0. The molecule has 1 atom stereocenters. The van der Waals surface area contributed by atoms with E-state index in [0.717, 1.165) is 27.2 Å². The molecule has 37 heavy (non-hydrogen) atoms. The summed E-state index contributed by atoms with van der Waals surface area (Å²) >= 11 is 6.15. The number of rotatable bonds is 7. The fourth-order valence-electron chi connectivity index (χ4n) is 4.87. The van der Waals surface area contributed by atoms with E-state index in [1.165, 1.54) is 4.31 Å². The van der Waals surface area contributed by atoms with Crippen molar-refractivity contribution in [2.45, 2.75) is 58.4 Å². The molecule has 1 unspecified atom stereocenters. The molecule has 194 valence electrons. The second kappa shape index (κ2) is 10.4. The molecule has 0 aliphatic carbocycles. The monoisotopic (exact) mass is 538 g/mol. The Morgan fingerprint density at radius 2 is 1.54 bits per heavy atom. The number of carbonyl (C=O) groups excluding carboxylic acids is 2. The molecule has 0 saturated carbocycles. The Labute approximate surface area is 223 Å². The first-order valence-corrected chi connectivity index (χ1v) is 14.0. The molecule has 1 fully saturated rings. The maximum Gasteiger partial charge on any atom is 0.252 e. The first-order valence-electron chi connectivity index (χ1n) is 12.2. The van der Waals surface area contributed by atoms with E-state index in [4.69, 9.17) is 11.6 Å². The van der Waals surface area contributed by atoms with E-state index >= 15 is 0 Å². The van der Waals surface area contributed by atoms with Crippen LogP contribution in [-0.4, -0.2) is 37.1 Å². The summed E-state index contributed by atoms with van der Waals surface area (Å²) in [6, 6.07) is 15.1. The second-order valence-electron chi connectivity index (χ2n) is 9.71. The van der Waals surface area contributed by atoms with Crippen LogP contribution in [0.15, 0.2) is 59.5 Å². The minimum Gasteiger partial charge on any atom is -0.274 e. The Bertz CT molecular complexity index is 1460. The maximum atomic E-state index is 14.3. The van der Waals surface area contributed by atoms with Gasteiger partial charge in [0.1, 0.15) is 6.04 Å². The fourth-order valence-corrected chi connectivity index (χ4v) is 7.24. The molecule has 0 radical (unpaired) electrons. The van der Waals surface area contributed by atoms with Gasteiger partial charge in [-0.25, -0.2) is 13.3 Å². The minimum atomic E-state index is -4.14. The highest BCUT2D eigenvalue weighted by Gasteiger charge is 2.47. The highest BCUT2D eigenvalue weighted by atomic mass is 35.5. The van der Waals surface area contributed by atoms with E-state index in [0.29, 0.717) is 28.3 Å². The molecule has 3 aromatic rings. The summed E-state index contributed by atoms with van der Waals surface area (Å²) < 4.78 is 29.8. The number of nitrogens with zero attached hydrogens (tertiary/aromatic N) is 2. The molecule has 0 bridgehead atoms. The largest absolute Gasteiger partial charge is 0.274 e. The predicted octanol–water partition coefficient (Wildman–Crippen LogP) is 5.45. The van der Waals surface area contributed by atoms with Crippen LogP contribution in [0.1, 0.15) is 39.8 Å². The van der Waals surface area contributed by atoms with Crippen molar-refractivity contribution in [2.24, 2.45) is 0 Å². The van der Waals surface area contributed by atoms with Gasteiger partial charge in [0.15, 0.2) is 0 Å². The zero-order valence-corrected chi connectivity index (χ0v) is 23.3. The molecule has 0 N–H and O–H groups in total. The van der Waals surface area contributed by atoms with E-state index < -0.39 is 27.9 Å². The summed E-state index contributed by atoms with van der Waals surface area (Å²) in [6.07, 6.45) is 0.121. The molecule has 6 nitrogen and oxygen atoms in total. The van der Waals surface area contributed by atoms with Crippen LogP contribution in [0.25, 0.3) is 0 Å². The molecule has 3 aromatic carbocycles. The molecule has 8 heteroatoms. The fraction of sp³-hybridized carbons (Fsp3) is 0.310. The van der Waals surface area contributed by atoms with Gasteiger partial charge >= 0.3 is 0 Å². The van der Waals surface area contributed by atoms with Crippen molar-refractivity contribution in [2.75, 3.05) is 11.4 Å². The van der Waals surface area contributed by atoms with Gasteiger partial charge in [0.2, 0.25) is 15.9 Å². The number of hydrogen-bond donors (Lipinski definition) is 0. The van der Waals surface area contributed by atoms with Crippen LogP contribution in [0.2, 0.25) is 5.02 Å². The molecule has 4 rings (SSSR count). The van der Waals surface area contributed by atoms with E-state index in [1.807, 2.05) is 45.0 Å². The van der Waals surface area contributed by atoms with Crippen molar-refractivity contribution < 1.29 is 18.0 Å². The van der Waals surface area contributed by atoms with Crippen molar-refractivity contribution in [3.8, 4) is 0 Å². The lowest BCUT2D eigenvalue weighted by molar-refractivity contribution is -0.122. The quantitative estimate of drug-likeness (QED) is 0.375. The van der Waals surface area contributed by atoms with Gasteiger partial charge in [0, 0.05) is 11.6 Å². The number of sulfonamides is 1. The number of benzene rings is 3. The van der Waals surface area contributed by atoms with Crippen LogP contribution in [0.4, 0.5) is 5.69 Å². The van der Waals surface area contributed by atoms with E-state index in [9.17, 15) is 18.0 Å². The highest BCUT2D eigenvalue weighted by molar-refractivity contribution is 7.89. The highest BCUT2D eigenvalue weighted by Crippen LogP contribution is 2.34. The summed E-state index contributed by atoms with van der Waals surface area (Å²) in [7, 11) is -4.14. The topological polar surface area (TPSA) is 74.8 Å². The number of halogens is 1. The summed E-state index contributed by atoms with van der Waals surface area (Å²) in [5.41, 5.74) is 5.26. The maximum absolute atomic E-state index is 14.3. The van der Waals surface area contributed by atoms with Gasteiger partial charge in [0.05, 0.1) is 17.0 Å². The molecule has 1 saturated heterocycles. The third-order valence-electron chi connectivity index (χ3n) is 7.14. The number of anilines is 1. The van der Waals surface area contributed by atoms with Crippen LogP contribution in [0, 0.1) is 34.6 Å². The average Bonchev–Trinajstić information content (AvgIpc) is 3.12. The van der Waals surface area contributed by atoms with Crippen LogP contribution >= 0.6 is 11.6 Å². The lowest BCUT2D eigenvalue weighted by Crippen LogP contribution is -2.46. The van der Waals surface area contributed by atoms with E-state index in [1.54, 1.807) is 44.2 Å². The van der Waals surface area contributed by atoms with E-state index in [2.05, 4.69) is 0 Å². The molecule has 1 heterocycles. The first-order chi connectivity index (χ1) is 17.4. The number of aryl methyl sites for hydroxylation is 3. The van der Waals surface area contributed by atoms with Gasteiger partial charge in [-0.05, 0) is 93.1 Å². The number of carbonyl (C=O) groups is 2. The minimum absolute atomic E-state index is 0.0277. The Hall–Kier alpha value is -3.00. The molecule has 0 spiro atoms. The van der Waals surface area contributed by atoms with Gasteiger partial charge in [-0.15, -0.1) is 0 Å². The Morgan fingerprint density at radius 3 is 2.14 bits per heavy atom. The summed E-state index contributed by atoms with van der Waals surface area (Å²) in [5.74, 6) is -0.959. The number of hydrogen-bond acceptors (Lipinski definition) is 4. The molecule has 2 amide bonds. The summed E-state index contributed by atoms with van der Waals surface area (Å²) in [5, 5.41) is 0.547. The Kier molecular flexibility index (Phi) is 7.60. The molecular formula is C29H31ClN2O4S. The lowest BCUT2D eigenvalue weighted by atomic mass is 10.0. The van der Waals surface area contributed by atoms with Crippen molar-refractivity contribution in [3.05, 3.63) is 93.0 Å². The van der Waals surface area contributed by atoms with Crippen LogP contribution in [-0.2, 0) is 26.0 Å². The van der Waals surface area contributed by atoms with Gasteiger partial charge in [-0.1, -0.05) is 47.5 Å². The standard InChI is InChI=1S/C29H31ClN2O4S/c1-18-9-11-25(12-10-18)32-27(33)17-26(29(32)34)31(14-13-23-7-6-8-24(30)16-23)37(35,36)28-21(4)19(2)15-20(3)22(28)5/h6-12,15-16,26H,13-14,17H2,1-5H3.